The molecule has 0 bridgehead atoms. The number of pyridine rings is 1. The van der Waals surface area contributed by atoms with Crippen molar-refractivity contribution in [3.8, 4) is 0 Å². The highest BCUT2D eigenvalue weighted by atomic mass is 32.1. The molecule has 4 heterocycles. The largest absolute Gasteiger partial charge is 0.391 e. The molecule has 1 aliphatic rings. The van der Waals surface area contributed by atoms with Crippen LogP contribution in [0.1, 0.15) is 35.6 Å². The van der Waals surface area contributed by atoms with E-state index in [1.807, 2.05) is 38.2 Å². The van der Waals surface area contributed by atoms with Crippen molar-refractivity contribution in [3.63, 3.8) is 0 Å². The van der Waals surface area contributed by atoms with Crippen LogP contribution >= 0.6 is 11.3 Å². The Bertz CT molecular complexity index is 993. The number of β-amino-alcohol motifs (C(OH)–C–C–N with tert-alkyl or cyclic N) is 1. The predicted molar refractivity (Wildman–Crippen MR) is 110 cm³/mol. The fraction of sp³-hybridized carbons (Fsp3) is 0.368. The van der Waals surface area contributed by atoms with Gasteiger partial charge in [0, 0.05) is 26.3 Å². The van der Waals surface area contributed by atoms with Crippen LogP contribution in [-0.2, 0) is 0 Å². The highest BCUT2D eigenvalue weighted by molar-refractivity contribution is 7.23. The van der Waals surface area contributed by atoms with Gasteiger partial charge < -0.3 is 20.6 Å². The standard InChI is InChI=1S/C19H22N6O2S/c1-11(13-5-3-4-7-21-13)22-19-23-14-9-15(20-2)28-17(14)16(24-19)18(27)25-8-6-12(26)10-25/h3-5,7,9,11-12,20,26H,6,8,10H2,1-2H3,(H,22,23,24). The van der Waals surface area contributed by atoms with E-state index in [0.717, 1.165) is 15.4 Å². The van der Waals surface area contributed by atoms with E-state index in [9.17, 15) is 9.90 Å². The third kappa shape index (κ3) is 3.63. The SMILES string of the molecule is CNc1cc2nc(NC(C)c3ccccn3)nc(C(=O)N3CCC(O)C3)c2s1. The molecule has 3 aromatic heterocycles. The molecule has 0 radical (unpaired) electrons. The molecule has 4 rings (SSSR count). The third-order valence-corrected chi connectivity index (χ3v) is 5.90. The zero-order valence-corrected chi connectivity index (χ0v) is 16.5. The van der Waals surface area contributed by atoms with Gasteiger partial charge in [-0.2, -0.15) is 0 Å². The molecule has 2 atom stereocenters. The van der Waals surface area contributed by atoms with Gasteiger partial charge in [-0.3, -0.25) is 9.78 Å². The average Bonchev–Trinajstić information content (AvgIpc) is 3.33. The highest BCUT2D eigenvalue weighted by Gasteiger charge is 2.29. The minimum absolute atomic E-state index is 0.113. The van der Waals surface area contributed by atoms with E-state index in [4.69, 9.17) is 0 Å². The predicted octanol–water partition coefficient (Wildman–Crippen LogP) is 2.51. The average molecular weight is 398 g/mol. The van der Waals surface area contributed by atoms with Crippen LogP contribution in [0.15, 0.2) is 30.5 Å². The normalized spacial score (nSPS) is 17.7. The van der Waals surface area contributed by atoms with Crippen LogP contribution in [0.3, 0.4) is 0 Å². The molecule has 0 aliphatic carbocycles. The summed E-state index contributed by atoms with van der Waals surface area (Å²) in [7, 11) is 1.83. The minimum atomic E-state index is -0.473. The molecule has 3 aromatic rings. The Hall–Kier alpha value is -2.78. The third-order valence-electron chi connectivity index (χ3n) is 4.75. The van der Waals surface area contributed by atoms with Gasteiger partial charge in [0.05, 0.1) is 33.1 Å². The van der Waals surface area contributed by atoms with E-state index in [1.54, 1.807) is 11.1 Å². The molecule has 146 valence electrons. The number of anilines is 2. The number of hydrogen-bond donors (Lipinski definition) is 3. The zero-order valence-electron chi connectivity index (χ0n) is 15.7. The molecule has 1 saturated heterocycles. The maximum absolute atomic E-state index is 13.1. The molecular formula is C19H22N6O2S. The fourth-order valence-electron chi connectivity index (χ4n) is 3.24. The lowest BCUT2D eigenvalue weighted by atomic mass is 10.2. The molecule has 28 heavy (non-hydrogen) atoms. The number of thiophene rings is 1. The van der Waals surface area contributed by atoms with Crippen LogP contribution in [-0.4, -0.2) is 57.1 Å². The van der Waals surface area contributed by atoms with E-state index >= 15 is 0 Å². The van der Waals surface area contributed by atoms with Crippen LogP contribution in [0.2, 0.25) is 0 Å². The van der Waals surface area contributed by atoms with Gasteiger partial charge >= 0.3 is 0 Å². The van der Waals surface area contributed by atoms with E-state index in [1.165, 1.54) is 11.3 Å². The molecule has 8 nitrogen and oxygen atoms in total. The Balaban J connectivity index is 1.70. The summed E-state index contributed by atoms with van der Waals surface area (Å²) in [5, 5.41) is 17.1. The molecule has 2 unspecified atom stereocenters. The van der Waals surface area contributed by atoms with Gasteiger partial charge in [-0.1, -0.05) is 6.07 Å². The van der Waals surface area contributed by atoms with Crippen molar-refractivity contribution in [2.45, 2.75) is 25.5 Å². The van der Waals surface area contributed by atoms with E-state index in [2.05, 4.69) is 25.6 Å². The Morgan fingerprint density at radius 2 is 2.25 bits per heavy atom. The number of fused-ring (bicyclic) bond motifs is 1. The summed E-state index contributed by atoms with van der Waals surface area (Å²) >= 11 is 1.45. The summed E-state index contributed by atoms with van der Waals surface area (Å²) in [5.41, 5.74) is 1.94. The smallest absolute Gasteiger partial charge is 0.274 e. The van der Waals surface area contributed by atoms with Crippen molar-refractivity contribution in [2.75, 3.05) is 30.8 Å². The highest BCUT2D eigenvalue weighted by Crippen LogP contribution is 2.32. The second kappa shape index (κ2) is 7.69. The number of likely N-dealkylation sites (tertiary alicyclic amines) is 1. The van der Waals surface area contributed by atoms with E-state index < -0.39 is 6.10 Å². The van der Waals surface area contributed by atoms with Crippen LogP contribution in [0, 0.1) is 0 Å². The van der Waals surface area contributed by atoms with Crippen molar-refractivity contribution < 1.29 is 9.90 Å². The van der Waals surface area contributed by atoms with Crippen molar-refractivity contribution in [1.29, 1.82) is 0 Å². The number of rotatable bonds is 5. The molecule has 0 aromatic carbocycles. The molecule has 3 N–H and O–H groups in total. The summed E-state index contributed by atoms with van der Waals surface area (Å²) in [6.45, 7) is 2.84. The first kappa shape index (κ1) is 18.6. The maximum Gasteiger partial charge on any atom is 0.274 e. The number of aliphatic hydroxyl groups is 1. The number of nitrogens with one attached hydrogen (secondary N) is 2. The van der Waals surface area contributed by atoms with Crippen molar-refractivity contribution in [3.05, 3.63) is 41.9 Å². The topological polar surface area (TPSA) is 103 Å². The quantitative estimate of drug-likeness (QED) is 0.607. The number of carbonyl (C=O) groups excluding carboxylic acids is 1. The van der Waals surface area contributed by atoms with Crippen LogP contribution in [0.5, 0.6) is 0 Å². The number of hydrogen-bond acceptors (Lipinski definition) is 8. The Labute approximate surface area is 166 Å². The first-order valence-electron chi connectivity index (χ1n) is 9.19. The summed E-state index contributed by atoms with van der Waals surface area (Å²) in [6.07, 6.45) is 1.86. The van der Waals surface area contributed by atoms with Crippen molar-refractivity contribution in [2.24, 2.45) is 0 Å². The molecule has 0 saturated carbocycles. The van der Waals surface area contributed by atoms with Gasteiger partial charge in [-0.15, -0.1) is 11.3 Å². The number of carbonyl (C=O) groups is 1. The summed E-state index contributed by atoms with van der Waals surface area (Å²) < 4.78 is 0.742. The van der Waals surface area contributed by atoms with Crippen molar-refractivity contribution >= 4 is 38.4 Å². The lowest BCUT2D eigenvalue weighted by Crippen LogP contribution is -2.30. The van der Waals surface area contributed by atoms with Gasteiger partial charge in [-0.05, 0) is 31.5 Å². The Morgan fingerprint density at radius 1 is 1.39 bits per heavy atom. The fourth-order valence-corrected chi connectivity index (χ4v) is 4.17. The molecular weight excluding hydrogens is 376 g/mol. The van der Waals surface area contributed by atoms with E-state index in [0.29, 0.717) is 36.7 Å². The van der Waals surface area contributed by atoms with Crippen LogP contribution < -0.4 is 10.6 Å². The van der Waals surface area contributed by atoms with E-state index in [-0.39, 0.29) is 11.9 Å². The summed E-state index contributed by atoms with van der Waals surface area (Å²) in [6, 6.07) is 7.52. The molecule has 1 aliphatic heterocycles. The van der Waals surface area contributed by atoms with Gasteiger partial charge in [0.1, 0.15) is 0 Å². The molecule has 0 spiro atoms. The second-order valence-corrected chi connectivity index (χ2v) is 7.84. The number of aromatic nitrogens is 3. The second-order valence-electron chi connectivity index (χ2n) is 6.79. The zero-order chi connectivity index (χ0) is 19.7. The Morgan fingerprint density at radius 3 is 2.93 bits per heavy atom. The van der Waals surface area contributed by atoms with Gasteiger partial charge in [0.2, 0.25) is 5.95 Å². The first-order valence-corrected chi connectivity index (χ1v) is 10.0. The van der Waals surface area contributed by atoms with Crippen molar-refractivity contribution in [1.82, 2.24) is 19.9 Å². The molecule has 9 heteroatoms. The number of amides is 1. The van der Waals surface area contributed by atoms with Crippen LogP contribution in [0.25, 0.3) is 10.2 Å². The first-order chi connectivity index (χ1) is 13.5. The number of nitrogens with zero attached hydrogens (tertiary/aromatic N) is 4. The molecule has 1 amide bonds. The monoisotopic (exact) mass is 398 g/mol. The van der Waals surface area contributed by atoms with Gasteiger partial charge in [-0.25, -0.2) is 9.97 Å². The van der Waals surface area contributed by atoms with Crippen LogP contribution in [0.4, 0.5) is 10.9 Å². The lowest BCUT2D eigenvalue weighted by Gasteiger charge is -2.17. The summed E-state index contributed by atoms with van der Waals surface area (Å²) in [5.74, 6) is 0.205. The summed E-state index contributed by atoms with van der Waals surface area (Å²) in [4.78, 5) is 28.2. The van der Waals surface area contributed by atoms with Gasteiger partial charge in [0.25, 0.3) is 5.91 Å². The Kier molecular flexibility index (Phi) is 5.10. The van der Waals surface area contributed by atoms with Gasteiger partial charge in [0.15, 0.2) is 5.69 Å². The minimum Gasteiger partial charge on any atom is -0.391 e. The lowest BCUT2D eigenvalue weighted by molar-refractivity contribution is 0.0761. The maximum atomic E-state index is 13.1. The molecule has 1 fully saturated rings. The number of aliphatic hydroxyl groups excluding tert-OH is 1.